The van der Waals surface area contributed by atoms with Crippen LogP contribution >= 0.6 is 15.9 Å². The van der Waals surface area contributed by atoms with Crippen molar-refractivity contribution in [3.05, 3.63) is 34.3 Å². The van der Waals surface area contributed by atoms with Crippen LogP contribution in [-0.4, -0.2) is 17.1 Å². The van der Waals surface area contributed by atoms with E-state index in [0.29, 0.717) is 6.42 Å². The van der Waals surface area contributed by atoms with Crippen molar-refractivity contribution < 1.29 is 9.90 Å². The van der Waals surface area contributed by atoms with Gasteiger partial charge in [-0.25, -0.2) is 0 Å². The van der Waals surface area contributed by atoms with Crippen molar-refractivity contribution in [2.75, 3.05) is 0 Å². The Morgan fingerprint density at radius 2 is 2.27 bits per heavy atom. The number of carbonyl (C=O) groups is 1. The summed E-state index contributed by atoms with van der Waals surface area (Å²) in [7, 11) is 0. The van der Waals surface area contributed by atoms with Gasteiger partial charge in [-0.3, -0.25) is 4.79 Å². The van der Waals surface area contributed by atoms with Gasteiger partial charge in [0, 0.05) is 4.47 Å². The summed E-state index contributed by atoms with van der Waals surface area (Å²) in [6.45, 7) is 0. The van der Waals surface area contributed by atoms with E-state index in [1.807, 2.05) is 24.3 Å². The molecule has 3 nitrogen and oxygen atoms in total. The first-order valence-electron chi connectivity index (χ1n) is 4.82. The summed E-state index contributed by atoms with van der Waals surface area (Å²) in [5.41, 5.74) is 6.60. The second-order valence-corrected chi connectivity index (χ2v) is 4.38. The lowest BCUT2D eigenvalue weighted by Gasteiger charge is -2.06. The van der Waals surface area contributed by atoms with Crippen LogP contribution in [0.4, 0.5) is 0 Å². The standard InChI is InChI=1S/C11H14BrNO2/c12-9-5-1-3-8(7-9)4-2-6-10(13)11(14)15/h1,3,5,7,10H,2,4,6,13H2,(H,14,15). The van der Waals surface area contributed by atoms with Gasteiger partial charge in [-0.1, -0.05) is 28.1 Å². The van der Waals surface area contributed by atoms with Gasteiger partial charge in [0.05, 0.1) is 0 Å². The summed E-state index contributed by atoms with van der Waals surface area (Å²) >= 11 is 3.39. The molecule has 0 aliphatic rings. The predicted molar refractivity (Wildman–Crippen MR) is 62.7 cm³/mol. The lowest BCUT2D eigenvalue weighted by Crippen LogP contribution is -2.29. The van der Waals surface area contributed by atoms with E-state index < -0.39 is 12.0 Å². The van der Waals surface area contributed by atoms with E-state index in [2.05, 4.69) is 15.9 Å². The highest BCUT2D eigenvalue weighted by Crippen LogP contribution is 2.13. The molecule has 3 N–H and O–H groups in total. The van der Waals surface area contributed by atoms with Crippen LogP contribution in [0, 0.1) is 0 Å². The molecule has 82 valence electrons. The summed E-state index contributed by atoms with van der Waals surface area (Å²) in [6, 6.07) is 7.25. The molecule has 15 heavy (non-hydrogen) atoms. The SMILES string of the molecule is NC(CCCc1cccc(Br)c1)C(=O)O. The zero-order valence-electron chi connectivity index (χ0n) is 8.32. The van der Waals surface area contributed by atoms with E-state index >= 15 is 0 Å². The number of hydrogen-bond acceptors (Lipinski definition) is 2. The molecular formula is C11H14BrNO2. The monoisotopic (exact) mass is 271 g/mol. The Hall–Kier alpha value is -0.870. The van der Waals surface area contributed by atoms with Gasteiger partial charge in [0.2, 0.25) is 0 Å². The van der Waals surface area contributed by atoms with Crippen molar-refractivity contribution in [2.24, 2.45) is 5.73 Å². The third-order valence-electron chi connectivity index (χ3n) is 2.19. The van der Waals surface area contributed by atoms with E-state index in [0.717, 1.165) is 17.3 Å². The third-order valence-corrected chi connectivity index (χ3v) is 2.68. The van der Waals surface area contributed by atoms with Gasteiger partial charge in [-0.15, -0.1) is 0 Å². The van der Waals surface area contributed by atoms with E-state index in [-0.39, 0.29) is 0 Å². The molecular weight excluding hydrogens is 258 g/mol. The molecule has 0 saturated heterocycles. The first-order chi connectivity index (χ1) is 7.09. The molecule has 1 aromatic rings. The molecule has 1 unspecified atom stereocenters. The quantitative estimate of drug-likeness (QED) is 0.863. The normalized spacial score (nSPS) is 12.4. The minimum atomic E-state index is -0.927. The Morgan fingerprint density at radius 1 is 1.53 bits per heavy atom. The fraction of sp³-hybridized carbons (Fsp3) is 0.364. The Kier molecular flexibility index (Phi) is 4.78. The average molecular weight is 272 g/mol. The molecule has 0 heterocycles. The van der Waals surface area contributed by atoms with Gasteiger partial charge in [-0.2, -0.15) is 0 Å². The molecule has 0 aliphatic heterocycles. The number of rotatable bonds is 5. The average Bonchev–Trinajstić information content (AvgIpc) is 2.17. The van der Waals surface area contributed by atoms with E-state index in [4.69, 9.17) is 10.8 Å². The van der Waals surface area contributed by atoms with Gasteiger partial charge in [0.1, 0.15) is 6.04 Å². The molecule has 0 bridgehead atoms. The van der Waals surface area contributed by atoms with Crippen LogP contribution in [-0.2, 0) is 11.2 Å². The highest BCUT2D eigenvalue weighted by atomic mass is 79.9. The zero-order chi connectivity index (χ0) is 11.3. The number of halogens is 1. The van der Waals surface area contributed by atoms with Gasteiger partial charge in [-0.05, 0) is 37.0 Å². The molecule has 0 saturated carbocycles. The molecule has 4 heteroatoms. The Labute approximate surface area is 97.4 Å². The molecule has 0 spiro atoms. The largest absolute Gasteiger partial charge is 0.480 e. The van der Waals surface area contributed by atoms with Crippen LogP contribution in [0.2, 0.25) is 0 Å². The number of nitrogens with two attached hydrogens (primary N) is 1. The molecule has 1 atom stereocenters. The van der Waals surface area contributed by atoms with Crippen LogP contribution in [0.25, 0.3) is 0 Å². The summed E-state index contributed by atoms with van der Waals surface area (Å²) in [6.07, 6.45) is 2.17. The van der Waals surface area contributed by atoms with Gasteiger partial charge < -0.3 is 10.8 Å². The van der Waals surface area contributed by atoms with Crippen molar-refractivity contribution in [3.8, 4) is 0 Å². The van der Waals surface area contributed by atoms with E-state index in [9.17, 15) is 4.79 Å². The molecule has 1 aromatic carbocycles. The minimum Gasteiger partial charge on any atom is -0.480 e. The van der Waals surface area contributed by atoms with Crippen molar-refractivity contribution in [2.45, 2.75) is 25.3 Å². The maximum absolute atomic E-state index is 10.5. The topological polar surface area (TPSA) is 63.3 Å². The highest BCUT2D eigenvalue weighted by Gasteiger charge is 2.10. The fourth-order valence-electron chi connectivity index (χ4n) is 1.34. The lowest BCUT2D eigenvalue weighted by molar-refractivity contribution is -0.138. The minimum absolute atomic E-state index is 0.516. The van der Waals surface area contributed by atoms with Gasteiger partial charge in [0.15, 0.2) is 0 Å². The third kappa shape index (κ3) is 4.44. The number of hydrogen-bond donors (Lipinski definition) is 2. The number of carboxylic acid groups (broad SMARTS) is 1. The first kappa shape index (κ1) is 12.2. The van der Waals surface area contributed by atoms with Crippen LogP contribution in [0.5, 0.6) is 0 Å². The summed E-state index contributed by atoms with van der Waals surface area (Å²) < 4.78 is 1.04. The summed E-state index contributed by atoms with van der Waals surface area (Å²) in [4.78, 5) is 10.5. The van der Waals surface area contributed by atoms with Crippen molar-refractivity contribution >= 4 is 21.9 Å². The van der Waals surface area contributed by atoms with Crippen LogP contribution in [0.1, 0.15) is 18.4 Å². The second kappa shape index (κ2) is 5.88. The Balaban J connectivity index is 2.35. The highest BCUT2D eigenvalue weighted by molar-refractivity contribution is 9.10. The Morgan fingerprint density at radius 3 is 2.87 bits per heavy atom. The molecule has 0 aromatic heterocycles. The Bertz CT molecular complexity index is 341. The van der Waals surface area contributed by atoms with Crippen molar-refractivity contribution in [1.29, 1.82) is 0 Å². The van der Waals surface area contributed by atoms with Gasteiger partial charge >= 0.3 is 5.97 Å². The van der Waals surface area contributed by atoms with E-state index in [1.54, 1.807) is 0 Å². The molecule has 1 rings (SSSR count). The lowest BCUT2D eigenvalue weighted by atomic mass is 10.1. The summed E-state index contributed by atoms with van der Waals surface area (Å²) in [5, 5.41) is 8.59. The van der Waals surface area contributed by atoms with Crippen LogP contribution in [0.15, 0.2) is 28.7 Å². The molecule has 0 radical (unpaired) electrons. The van der Waals surface area contributed by atoms with E-state index in [1.165, 1.54) is 5.56 Å². The maximum Gasteiger partial charge on any atom is 0.320 e. The second-order valence-electron chi connectivity index (χ2n) is 3.47. The molecule has 0 amide bonds. The van der Waals surface area contributed by atoms with Crippen molar-refractivity contribution in [3.63, 3.8) is 0 Å². The molecule has 0 fully saturated rings. The molecule has 0 aliphatic carbocycles. The maximum atomic E-state index is 10.5. The van der Waals surface area contributed by atoms with Gasteiger partial charge in [0.25, 0.3) is 0 Å². The number of aryl methyl sites for hydroxylation is 1. The predicted octanol–water partition coefficient (Wildman–Crippen LogP) is 2.18. The van der Waals surface area contributed by atoms with Crippen LogP contribution < -0.4 is 5.73 Å². The van der Waals surface area contributed by atoms with Crippen molar-refractivity contribution in [1.82, 2.24) is 0 Å². The van der Waals surface area contributed by atoms with Crippen LogP contribution in [0.3, 0.4) is 0 Å². The number of aliphatic carboxylic acids is 1. The zero-order valence-corrected chi connectivity index (χ0v) is 9.90. The number of benzene rings is 1. The smallest absolute Gasteiger partial charge is 0.320 e. The fourth-order valence-corrected chi connectivity index (χ4v) is 1.79. The summed E-state index contributed by atoms with van der Waals surface area (Å²) in [5.74, 6) is -0.927. The first-order valence-corrected chi connectivity index (χ1v) is 5.61. The number of carboxylic acids is 1.